The van der Waals surface area contributed by atoms with E-state index in [9.17, 15) is 9.59 Å². The van der Waals surface area contributed by atoms with Gasteiger partial charge in [0.05, 0.1) is 17.9 Å². The van der Waals surface area contributed by atoms with Crippen LogP contribution in [0.2, 0.25) is 0 Å². The molecule has 0 spiro atoms. The minimum Gasteiger partial charge on any atom is -0.477 e. The molecule has 3 rings (SSSR count). The van der Waals surface area contributed by atoms with Crippen LogP contribution in [0, 0.1) is 0 Å². The Labute approximate surface area is 111 Å². The monoisotopic (exact) mass is 271 g/mol. The number of anilines is 2. The summed E-state index contributed by atoms with van der Waals surface area (Å²) < 4.78 is 0. The fraction of sp³-hybridized carbons (Fsp3) is 0. The highest BCUT2D eigenvalue weighted by Crippen LogP contribution is 2.18. The van der Waals surface area contributed by atoms with E-state index < -0.39 is 17.1 Å². The second kappa shape index (κ2) is 4.50. The molecule has 8 heteroatoms. The van der Waals surface area contributed by atoms with Crippen LogP contribution in [0.25, 0.3) is 10.9 Å². The third kappa shape index (κ3) is 2.09. The van der Waals surface area contributed by atoms with E-state index in [0.29, 0.717) is 5.69 Å². The third-order valence-corrected chi connectivity index (χ3v) is 2.73. The number of nitrogens with zero attached hydrogens (tertiary/aromatic N) is 2. The molecule has 1 aromatic carbocycles. The normalized spacial score (nSPS) is 10.6. The number of aromatic nitrogens is 4. The largest absolute Gasteiger partial charge is 0.477 e. The number of carboxylic acids is 1. The zero-order valence-electron chi connectivity index (χ0n) is 10.0. The van der Waals surface area contributed by atoms with Crippen LogP contribution in [0.5, 0.6) is 0 Å². The summed E-state index contributed by atoms with van der Waals surface area (Å²) in [5.41, 5.74) is 0.476. The minimum absolute atomic E-state index is 0.169. The average Bonchev–Trinajstić information content (AvgIpc) is 2.85. The molecule has 0 radical (unpaired) electrons. The molecule has 0 aliphatic carbocycles. The molecule has 0 amide bonds. The Morgan fingerprint density at radius 1 is 1.30 bits per heavy atom. The number of fused-ring (bicyclic) bond motifs is 1. The molecule has 0 aliphatic heterocycles. The zero-order valence-corrected chi connectivity index (χ0v) is 10.0. The topological polar surface area (TPSA) is 124 Å². The van der Waals surface area contributed by atoms with Crippen molar-refractivity contribution < 1.29 is 9.90 Å². The van der Waals surface area contributed by atoms with Crippen molar-refractivity contribution in [2.75, 3.05) is 5.32 Å². The lowest BCUT2D eigenvalue weighted by Gasteiger charge is -2.05. The number of nitrogens with one attached hydrogen (secondary N) is 3. The lowest BCUT2D eigenvalue weighted by molar-refractivity contribution is 0.0694. The average molecular weight is 271 g/mol. The summed E-state index contributed by atoms with van der Waals surface area (Å²) in [7, 11) is 0. The summed E-state index contributed by atoms with van der Waals surface area (Å²) in [5.74, 6) is -1.15. The second-order valence-electron chi connectivity index (χ2n) is 4.08. The fourth-order valence-electron chi connectivity index (χ4n) is 1.77. The number of carbonyl (C=O) groups is 1. The molecule has 8 nitrogen and oxygen atoms in total. The predicted molar refractivity (Wildman–Crippen MR) is 71.2 cm³/mol. The number of aromatic carboxylic acids is 1. The molecule has 2 heterocycles. The number of benzene rings is 1. The van der Waals surface area contributed by atoms with Crippen LogP contribution in [0.15, 0.2) is 35.4 Å². The minimum atomic E-state index is -1.31. The van der Waals surface area contributed by atoms with Gasteiger partial charge in [-0.05, 0) is 18.2 Å². The molecule has 20 heavy (non-hydrogen) atoms. The Kier molecular flexibility index (Phi) is 2.68. The van der Waals surface area contributed by atoms with Gasteiger partial charge in [-0.3, -0.25) is 14.9 Å². The summed E-state index contributed by atoms with van der Waals surface area (Å²) in [6.07, 6.45) is 2.68. The maximum Gasteiger partial charge on any atom is 0.342 e. The van der Waals surface area contributed by atoms with Crippen LogP contribution >= 0.6 is 0 Å². The van der Waals surface area contributed by atoms with Crippen molar-refractivity contribution in [2.45, 2.75) is 0 Å². The first-order chi connectivity index (χ1) is 9.63. The van der Waals surface area contributed by atoms with Gasteiger partial charge in [0.25, 0.3) is 5.56 Å². The van der Waals surface area contributed by atoms with Gasteiger partial charge in [0.2, 0.25) is 5.95 Å². The van der Waals surface area contributed by atoms with Crippen molar-refractivity contribution in [2.24, 2.45) is 0 Å². The van der Waals surface area contributed by atoms with E-state index in [1.165, 1.54) is 0 Å². The maximum absolute atomic E-state index is 11.5. The zero-order chi connectivity index (χ0) is 14.1. The molecular weight excluding hydrogens is 262 g/mol. The Morgan fingerprint density at radius 2 is 2.15 bits per heavy atom. The van der Waals surface area contributed by atoms with Crippen LogP contribution in [0.3, 0.4) is 0 Å². The van der Waals surface area contributed by atoms with Crippen LogP contribution in [0.1, 0.15) is 10.4 Å². The molecule has 0 aliphatic rings. The molecular formula is C12H9N5O3. The van der Waals surface area contributed by atoms with Crippen molar-refractivity contribution >= 4 is 28.5 Å². The molecule has 2 aromatic heterocycles. The standard InChI is InChI=1S/C12H9N5O3/c18-10-8(11(19)20)5-13-12(16-10)15-7-1-2-9-6(3-7)4-14-17-9/h1-5H,(H,14,17)(H,19,20)(H2,13,15,16,18). The van der Waals surface area contributed by atoms with E-state index in [4.69, 9.17) is 5.11 Å². The first kappa shape index (κ1) is 11.9. The molecule has 3 aromatic rings. The SMILES string of the molecule is O=C(O)c1cnc(Nc2ccc3[nH]ncc3c2)[nH]c1=O. The van der Waals surface area contributed by atoms with Gasteiger partial charge in [-0.1, -0.05) is 0 Å². The van der Waals surface area contributed by atoms with Crippen LogP contribution in [-0.4, -0.2) is 31.2 Å². The van der Waals surface area contributed by atoms with Crippen molar-refractivity contribution in [1.82, 2.24) is 20.2 Å². The molecule has 4 N–H and O–H groups in total. The summed E-state index contributed by atoms with van der Waals surface area (Å²) in [4.78, 5) is 28.4. The van der Waals surface area contributed by atoms with Crippen molar-refractivity contribution in [3.63, 3.8) is 0 Å². The van der Waals surface area contributed by atoms with Gasteiger partial charge in [-0.25, -0.2) is 9.78 Å². The summed E-state index contributed by atoms with van der Waals surface area (Å²) in [5, 5.41) is 19.3. The van der Waals surface area contributed by atoms with E-state index in [1.807, 2.05) is 12.1 Å². The van der Waals surface area contributed by atoms with Gasteiger partial charge in [0, 0.05) is 11.1 Å². The Bertz CT molecular complexity index is 851. The van der Waals surface area contributed by atoms with Gasteiger partial charge in [0.15, 0.2) is 0 Å². The number of rotatable bonds is 3. The summed E-state index contributed by atoms with van der Waals surface area (Å²) in [6, 6.07) is 5.43. The van der Waals surface area contributed by atoms with Gasteiger partial charge >= 0.3 is 5.97 Å². The van der Waals surface area contributed by atoms with Crippen molar-refractivity contribution in [1.29, 1.82) is 0 Å². The highest BCUT2D eigenvalue weighted by Gasteiger charge is 2.09. The van der Waals surface area contributed by atoms with Crippen LogP contribution in [-0.2, 0) is 0 Å². The number of hydrogen-bond acceptors (Lipinski definition) is 5. The van der Waals surface area contributed by atoms with Crippen molar-refractivity contribution in [3.05, 3.63) is 46.5 Å². The molecule has 0 saturated carbocycles. The number of hydrogen-bond donors (Lipinski definition) is 4. The molecule has 0 fully saturated rings. The van der Waals surface area contributed by atoms with E-state index in [0.717, 1.165) is 17.1 Å². The third-order valence-electron chi connectivity index (χ3n) is 2.73. The Morgan fingerprint density at radius 3 is 2.90 bits per heavy atom. The Balaban J connectivity index is 1.92. The molecule has 100 valence electrons. The molecule has 0 unspecified atom stereocenters. The molecule has 0 saturated heterocycles. The number of H-pyrrole nitrogens is 2. The predicted octanol–water partition coefficient (Wildman–Crippen LogP) is 1.09. The lowest BCUT2D eigenvalue weighted by Crippen LogP contribution is -2.19. The number of carboxylic acid groups (broad SMARTS) is 1. The van der Waals surface area contributed by atoms with Gasteiger partial charge in [-0.2, -0.15) is 5.10 Å². The van der Waals surface area contributed by atoms with E-state index in [1.54, 1.807) is 12.3 Å². The van der Waals surface area contributed by atoms with E-state index in [-0.39, 0.29) is 5.95 Å². The quantitative estimate of drug-likeness (QED) is 0.565. The highest BCUT2D eigenvalue weighted by molar-refractivity contribution is 5.87. The smallest absolute Gasteiger partial charge is 0.342 e. The Hall–Kier alpha value is -3.16. The summed E-state index contributed by atoms with van der Waals surface area (Å²) in [6.45, 7) is 0. The molecule has 0 bridgehead atoms. The van der Waals surface area contributed by atoms with E-state index >= 15 is 0 Å². The van der Waals surface area contributed by atoms with Crippen LogP contribution < -0.4 is 10.9 Å². The van der Waals surface area contributed by atoms with Crippen LogP contribution in [0.4, 0.5) is 11.6 Å². The van der Waals surface area contributed by atoms with E-state index in [2.05, 4.69) is 25.5 Å². The number of aromatic amines is 2. The molecule has 0 atom stereocenters. The first-order valence-electron chi connectivity index (χ1n) is 5.66. The summed E-state index contributed by atoms with van der Waals surface area (Å²) >= 11 is 0. The van der Waals surface area contributed by atoms with Gasteiger partial charge in [-0.15, -0.1) is 0 Å². The second-order valence-corrected chi connectivity index (χ2v) is 4.08. The fourth-order valence-corrected chi connectivity index (χ4v) is 1.77. The first-order valence-corrected chi connectivity index (χ1v) is 5.66. The maximum atomic E-state index is 11.5. The lowest BCUT2D eigenvalue weighted by atomic mass is 10.2. The van der Waals surface area contributed by atoms with Crippen molar-refractivity contribution in [3.8, 4) is 0 Å². The highest BCUT2D eigenvalue weighted by atomic mass is 16.4. The van der Waals surface area contributed by atoms with Gasteiger partial charge < -0.3 is 10.4 Å². The van der Waals surface area contributed by atoms with Gasteiger partial charge in [0.1, 0.15) is 5.56 Å².